The third-order valence-corrected chi connectivity index (χ3v) is 5.93. The Morgan fingerprint density at radius 2 is 1.96 bits per heavy atom. The molecule has 142 valence electrons. The first-order chi connectivity index (χ1) is 13.1. The van der Waals surface area contributed by atoms with Crippen molar-refractivity contribution in [3.8, 4) is 0 Å². The van der Waals surface area contributed by atoms with Crippen molar-refractivity contribution in [3.05, 3.63) is 57.9 Å². The molecule has 1 aromatic carbocycles. The molecule has 1 aromatic rings. The Bertz CT molecular complexity index is 840. The molecule has 5 nitrogen and oxygen atoms in total. The fourth-order valence-electron chi connectivity index (χ4n) is 4.30. The molecule has 0 saturated carbocycles. The van der Waals surface area contributed by atoms with E-state index in [0.29, 0.717) is 43.3 Å². The summed E-state index contributed by atoms with van der Waals surface area (Å²) in [6.45, 7) is 4.11. The number of hydrogen-bond donors (Lipinski definition) is 1. The quantitative estimate of drug-likeness (QED) is 0.848. The summed E-state index contributed by atoms with van der Waals surface area (Å²) in [7, 11) is 0. The number of morpholine rings is 1. The Kier molecular flexibility index (Phi) is 5.06. The van der Waals surface area contributed by atoms with Gasteiger partial charge in [-0.3, -0.25) is 9.59 Å². The Morgan fingerprint density at radius 3 is 2.70 bits per heavy atom. The van der Waals surface area contributed by atoms with Gasteiger partial charge in [-0.1, -0.05) is 35.9 Å². The molecule has 1 amide bonds. The standard InChI is InChI=1S/C21H23ClN2O3/c1-13-18(21(26)24-9-11-27-12-10-24)19(14-5-2-3-6-15(14)22)20-16(23-13)7-4-8-17(20)25/h2-3,5-7,19-20,23H,4,8-12H2,1H3. The van der Waals surface area contributed by atoms with Crippen molar-refractivity contribution in [3.63, 3.8) is 0 Å². The number of Topliss-reactive ketones (excluding diaryl/α,β-unsaturated/α-hetero) is 1. The zero-order valence-corrected chi connectivity index (χ0v) is 16.1. The minimum absolute atomic E-state index is 0.0364. The molecule has 0 bridgehead atoms. The summed E-state index contributed by atoms with van der Waals surface area (Å²) in [5.41, 5.74) is 3.17. The van der Waals surface area contributed by atoms with Crippen molar-refractivity contribution in [1.82, 2.24) is 10.2 Å². The van der Waals surface area contributed by atoms with E-state index in [0.717, 1.165) is 23.4 Å². The first-order valence-corrected chi connectivity index (χ1v) is 9.77. The molecule has 1 saturated heterocycles. The molecule has 1 fully saturated rings. The second-order valence-electron chi connectivity index (χ2n) is 7.21. The first-order valence-electron chi connectivity index (χ1n) is 9.40. The summed E-state index contributed by atoms with van der Waals surface area (Å²) < 4.78 is 5.39. The zero-order chi connectivity index (χ0) is 19.0. The molecule has 2 unspecified atom stereocenters. The molecule has 0 spiro atoms. The maximum Gasteiger partial charge on any atom is 0.252 e. The topological polar surface area (TPSA) is 58.6 Å². The van der Waals surface area contributed by atoms with Crippen LogP contribution in [0.1, 0.15) is 31.2 Å². The fourth-order valence-corrected chi connectivity index (χ4v) is 4.55. The van der Waals surface area contributed by atoms with Crippen LogP contribution >= 0.6 is 11.6 Å². The highest BCUT2D eigenvalue weighted by atomic mass is 35.5. The number of halogens is 1. The minimum atomic E-state index is -0.387. The molecule has 1 N–H and O–H groups in total. The lowest BCUT2D eigenvalue weighted by Gasteiger charge is -2.40. The average molecular weight is 387 g/mol. The second kappa shape index (κ2) is 7.49. The summed E-state index contributed by atoms with van der Waals surface area (Å²) >= 11 is 6.52. The molecule has 1 aliphatic carbocycles. The van der Waals surface area contributed by atoms with E-state index in [2.05, 4.69) is 11.4 Å². The van der Waals surface area contributed by atoms with Gasteiger partial charge in [0.1, 0.15) is 5.78 Å². The molecule has 0 aromatic heterocycles. The number of allylic oxidation sites excluding steroid dienone is 3. The predicted octanol–water partition coefficient (Wildman–Crippen LogP) is 3.02. The van der Waals surface area contributed by atoms with E-state index in [4.69, 9.17) is 16.3 Å². The van der Waals surface area contributed by atoms with Crippen LogP contribution in [0.5, 0.6) is 0 Å². The summed E-state index contributed by atoms with van der Waals surface area (Å²) in [6, 6.07) is 7.53. The number of ketones is 1. The van der Waals surface area contributed by atoms with Crippen LogP contribution in [0.15, 0.2) is 47.3 Å². The number of carbonyl (C=O) groups excluding carboxylic acids is 2. The van der Waals surface area contributed by atoms with Crippen LogP contribution in [-0.2, 0) is 14.3 Å². The number of benzene rings is 1. The number of amides is 1. The van der Waals surface area contributed by atoms with Crippen molar-refractivity contribution in [2.75, 3.05) is 26.3 Å². The highest BCUT2D eigenvalue weighted by molar-refractivity contribution is 6.31. The monoisotopic (exact) mass is 386 g/mol. The average Bonchev–Trinajstić information content (AvgIpc) is 2.68. The van der Waals surface area contributed by atoms with E-state index in [-0.39, 0.29) is 23.5 Å². The minimum Gasteiger partial charge on any atom is -0.378 e. The van der Waals surface area contributed by atoms with E-state index >= 15 is 0 Å². The number of nitrogens with one attached hydrogen (secondary N) is 1. The SMILES string of the molecule is CC1=C(C(=O)N2CCOCC2)C(c2ccccc2Cl)C2C(=O)CCC=C2N1. The summed E-state index contributed by atoms with van der Waals surface area (Å²) in [5, 5.41) is 3.92. The fraction of sp³-hybridized carbons (Fsp3) is 0.429. The van der Waals surface area contributed by atoms with Gasteiger partial charge in [-0.2, -0.15) is 0 Å². The Morgan fingerprint density at radius 1 is 1.22 bits per heavy atom. The van der Waals surface area contributed by atoms with Gasteiger partial charge in [-0.05, 0) is 25.0 Å². The van der Waals surface area contributed by atoms with Crippen LogP contribution in [0, 0.1) is 5.92 Å². The number of fused-ring (bicyclic) bond motifs is 1. The van der Waals surface area contributed by atoms with E-state index < -0.39 is 0 Å². The van der Waals surface area contributed by atoms with Crippen molar-refractivity contribution < 1.29 is 14.3 Å². The van der Waals surface area contributed by atoms with Crippen LogP contribution in [0.4, 0.5) is 0 Å². The third kappa shape index (κ3) is 3.30. The van der Waals surface area contributed by atoms with Crippen LogP contribution in [0.2, 0.25) is 5.02 Å². The molecule has 6 heteroatoms. The lowest BCUT2D eigenvalue weighted by atomic mass is 9.70. The van der Waals surface area contributed by atoms with Crippen molar-refractivity contribution >= 4 is 23.3 Å². The highest BCUT2D eigenvalue weighted by Crippen LogP contribution is 2.45. The number of rotatable bonds is 2. The molecule has 2 heterocycles. The van der Waals surface area contributed by atoms with Crippen LogP contribution in [0.3, 0.4) is 0 Å². The second-order valence-corrected chi connectivity index (χ2v) is 7.62. The highest BCUT2D eigenvalue weighted by Gasteiger charge is 2.44. The maximum absolute atomic E-state index is 13.4. The molecular weight excluding hydrogens is 364 g/mol. The van der Waals surface area contributed by atoms with Crippen molar-refractivity contribution in [2.45, 2.75) is 25.7 Å². The van der Waals surface area contributed by atoms with Gasteiger partial charge in [0.2, 0.25) is 0 Å². The number of ether oxygens (including phenoxy) is 1. The van der Waals surface area contributed by atoms with Crippen LogP contribution < -0.4 is 5.32 Å². The van der Waals surface area contributed by atoms with Gasteiger partial charge >= 0.3 is 0 Å². The van der Waals surface area contributed by atoms with E-state index in [1.807, 2.05) is 36.1 Å². The third-order valence-electron chi connectivity index (χ3n) is 5.59. The normalized spacial score (nSPS) is 25.6. The van der Waals surface area contributed by atoms with Gasteiger partial charge < -0.3 is 15.0 Å². The molecule has 2 atom stereocenters. The zero-order valence-electron chi connectivity index (χ0n) is 15.3. The van der Waals surface area contributed by atoms with Gasteiger partial charge in [0.15, 0.2) is 0 Å². The van der Waals surface area contributed by atoms with E-state index in [9.17, 15) is 9.59 Å². The molecule has 2 aliphatic heterocycles. The van der Waals surface area contributed by atoms with Gasteiger partial charge in [-0.25, -0.2) is 0 Å². The molecular formula is C21H23ClN2O3. The molecule has 4 rings (SSSR count). The van der Waals surface area contributed by atoms with Gasteiger partial charge in [0.05, 0.1) is 19.1 Å². The number of hydrogen-bond acceptors (Lipinski definition) is 4. The smallest absolute Gasteiger partial charge is 0.252 e. The lowest BCUT2D eigenvalue weighted by molar-refractivity contribution is -0.132. The van der Waals surface area contributed by atoms with Crippen LogP contribution in [0.25, 0.3) is 0 Å². The molecule has 0 radical (unpaired) electrons. The van der Waals surface area contributed by atoms with Crippen molar-refractivity contribution in [1.29, 1.82) is 0 Å². The summed E-state index contributed by atoms with van der Waals surface area (Å²) in [5.74, 6) is -0.632. The van der Waals surface area contributed by atoms with Crippen molar-refractivity contribution in [2.24, 2.45) is 5.92 Å². The van der Waals surface area contributed by atoms with Gasteiger partial charge in [0.25, 0.3) is 5.91 Å². The first kappa shape index (κ1) is 18.3. The lowest BCUT2D eigenvalue weighted by Crippen LogP contribution is -2.47. The molecule has 27 heavy (non-hydrogen) atoms. The van der Waals surface area contributed by atoms with Crippen LogP contribution in [-0.4, -0.2) is 42.9 Å². The van der Waals surface area contributed by atoms with E-state index in [1.54, 1.807) is 0 Å². The Hall–Kier alpha value is -2.11. The van der Waals surface area contributed by atoms with E-state index in [1.165, 1.54) is 0 Å². The maximum atomic E-state index is 13.4. The predicted molar refractivity (Wildman–Crippen MR) is 103 cm³/mol. The Labute approximate surface area is 164 Å². The largest absolute Gasteiger partial charge is 0.378 e. The summed E-state index contributed by atoms with van der Waals surface area (Å²) in [6.07, 6.45) is 3.30. The summed E-state index contributed by atoms with van der Waals surface area (Å²) in [4.78, 5) is 28.1. The number of carbonyl (C=O) groups is 2. The van der Waals surface area contributed by atoms with Gasteiger partial charge in [-0.15, -0.1) is 0 Å². The molecule has 3 aliphatic rings. The van der Waals surface area contributed by atoms with Gasteiger partial charge in [0, 0.05) is 47.4 Å². The number of nitrogens with zero attached hydrogens (tertiary/aromatic N) is 1. The Balaban J connectivity index is 1.84.